The number of nitrogens with one attached hydrogen (secondary N) is 1. The molecule has 1 aliphatic rings. The predicted octanol–water partition coefficient (Wildman–Crippen LogP) is 1.45. The van der Waals surface area contributed by atoms with E-state index >= 15 is 0 Å². The summed E-state index contributed by atoms with van der Waals surface area (Å²) in [5, 5.41) is 3.19. The van der Waals surface area contributed by atoms with Crippen LogP contribution < -0.4 is 5.32 Å². The number of sulfonamides is 1. The SMILES string of the molecule is CCNCc1ccccc1S(=O)(=O)N1CCC(COC)C1. The molecule has 1 saturated heterocycles. The largest absolute Gasteiger partial charge is 0.384 e. The highest BCUT2D eigenvalue weighted by Gasteiger charge is 2.33. The van der Waals surface area contributed by atoms with Crippen molar-refractivity contribution in [3.8, 4) is 0 Å². The van der Waals surface area contributed by atoms with E-state index in [0.29, 0.717) is 37.1 Å². The van der Waals surface area contributed by atoms with Gasteiger partial charge < -0.3 is 10.1 Å². The van der Waals surface area contributed by atoms with Crippen LogP contribution in [-0.4, -0.2) is 46.1 Å². The molecule has 1 aliphatic heterocycles. The minimum Gasteiger partial charge on any atom is -0.384 e. The summed E-state index contributed by atoms with van der Waals surface area (Å²) in [4.78, 5) is 0.420. The smallest absolute Gasteiger partial charge is 0.243 e. The van der Waals surface area contributed by atoms with Crippen molar-refractivity contribution in [2.45, 2.75) is 24.8 Å². The van der Waals surface area contributed by atoms with Crippen LogP contribution in [0.3, 0.4) is 0 Å². The van der Waals surface area contributed by atoms with Crippen LogP contribution in [0.15, 0.2) is 29.2 Å². The fourth-order valence-electron chi connectivity index (χ4n) is 2.69. The molecule has 1 N–H and O–H groups in total. The van der Waals surface area contributed by atoms with Crippen molar-refractivity contribution >= 4 is 10.0 Å². The van der Waals surface area contributed by atoms with Crippen LogP contribution >= 0.6 is 0 Å². The zero-order valence-corrected chi connectivity index (χ0v) is 13.5. The van der Waals surface area contributed by atoms with E-state index in [1.807, 2.05) is 19.1 Å². The molecule has 0 aromatic heterocycles. The van der Waals surface area contributed by atoms with Gasteiger partial charge in [-0.25, -0.2) is 8.42 Å². The first kappa shape index (κ1) is 16.4. The summed E-state index contributed by atoms with van der Waals surface area (Å²) in [6.45, 7) is 5.13. The molecule has 6 heteroatoms. The Bertz CT molecular complexity index is 560. The van der Waals surface area contributed by atoms with Crippen LogP contribution in [0.25, 0.3) is 0 Å². The average molecular weight is 312 g/mol. The van der Waals surface area contributed by atoms with Crippen molar-refractivity contribution < 1.29 is 13.2 Å². The summed E-state index contributed by atoms with van der Waals surface area (Å²) >= 11 is 0. The van der Waals surface area contributed by atoms with Gasteiger partial charge >= 0.3 is 0 Å². The Labute approximate surface area is 127 Å². The first-order chi connectivity index (χ1) is 10.1. The first-order valence-electron chi connectivity index (χ1n) is 7.37. The van der Waals surface area contributed by atoms with Gasteiger partial charge in [0.05, 0.1) is 11.5 Å². The Morgan fingerprint density at radius 1 is 1.38 bits per heavy atom. The molecular weight excluding hydrogens is 288 g/mol. The lowest BCUT2D eigenvalue weighted by Crippen LogP contribution is -2.30. The van der Waals surface area contributed by atoms with Gasteiger partial charge in [0.15, 0.2) is 0 Å². The number of hydrogen-bond donors (Lipinski definition) is 1. The van der Waals surface area contributed by atoms with E-state index in [1.165, 1.54) is 0 Å². The average Bonchev–Trinajstić information content (AvgIpc) is 2.95. The molecule has 1 atom stereocenters. The van der Waals surface area contributed by atoms with Gasteiger partial charge in [0, 0.05) is 26.7 Å². The molecule has 1 unspecified atom stereocenters. The third-order valence-corrected chi connectivity index (χ3v) is 5.77. The molecule has 1 aromatic rings. The fourth-order valence-corrected chi connectivity index (χ4v) is 4.44. The zero-order valence-electron chi connectivity index (χ0n) is 12.7. The van der Waals surface area contributed by atoms with E-state index in [2.05, 4.69) is 5.32 Å². The number of benzene rings is 1. The monoisotopic (exact) mass is 312 g/mol. The molecule has 2 rings (SSSR count). The maximum atomic E-state index is 12.8. The van der Waals surface area contributed by atoms with Crippen LogP contribution in [0.2, 0.25) is 0 Å². The summed E-state index contributed by atoms with van der Waals surface area (Å²) < 4.78 is 32.4. The maximum Gasteiger partial charge on any atom is 0.243 e. The molecule has 1 heterocycles. The molecule has 0 saturated carbocycles. The summed E-state index contributed by atoms with van der Waals surface area (Å²) in [6.07, 6.45) is 0.864. The maximum absolute atomic E-state index is 12.8. The Hall–Kier alpha value is -0.950. The number of methoxy groups -OCH3 is 1. The number of nitrogens with zero attached hydrogens (tertiary/aromatic N) is 1. The van der Waals surface area contributed by atoms with Crippen LogP contribution in [0.5, 0.6) is 0 Å². The van der Waals surface area contributed by atoms with Gasteiger partial charge in [-0.3, -0.25) is 0 Å². The van der Waals surface area contributed by atoms with Gasteiger partial charge in [-0.1, -0.05) is 25.1 Å². The van der Waals surface area contributed by atoms with Crippen molar-refractivity contribution in [2.24, 2.45) is 5.92 Å². The second-order valence-electron chi connectivity index (χ2n) is 5.36. The third-order valence-electron chi connectivity index (χ3n) is 3.81. The third kappa shape index (κ3) is 3.83. The highest BCUT2D eigenvalue weighted by Crippen LogP contribution is 2.26. The van der Waals surface area contributed by atoms with Gasteiger partial charge in [0.25, 0.3) is 0 Å². The second-order valence-corrected chi connectivity index (χ2v) is 7.27. The molecule has 5 nitrogen and oxygen atoms in total. The minimum atomic E-state index is -3.41. The van der Waals surface area contributed by atoms with E-state index in [0.717, 1.165) is 18.5 Å². The van der Waals surface area contributed by atoms with Crippen LogP contribution in [0.1, 0.15) is 18.9 Å². The molecule has 1 aromatic carbocycles. The van der Waals surface area contributed by atoms with Crippen LogP contribution in [0.4, 0.5) is 0 Å². The molecule has 0 radical (unpaired) electrons. The molecule has 0 bridgehead atoms. The van der Waals surface area contributed by atoms with Crippen molar-refractivity contribution in [3.05, 3.63) is 29.8 Å². The highest BCUT2D eigenvalue weighted by molar-refractivity contribution is 7.89. The molecule has 1 fully saturated rings. The van der Waals surface area contributed by atoms with Crippen molar-refractivity contribution in [2.75, 3.05) is 33.4 Å². The summed E-state index contributed by atoms with van der Waals surface area (Å²) in [6, 6.07) is 7.23. The number of ether oxygens (including phenoxy) is 1. The van der Waals surface area contributed by atoms with Crippen LogP contribution in [0, 0.1) is 5.92 Å². The normalized spacial score (nSPS) is 20.0. The van der Waals surface area contributed by atoms with Crippen molar-refractivity contribution in [1.82, 2.24) is 9.62 Å². The summed E-state index contributed by atoms with van der Waals surface area (Å²) in [7, 11) is -1.76. The standard InChI is InChI=1S/C15H24N2O3S/c1-3-16-10-14-6-4-5-7-15(14)21(18,19)17-9-8-13(11-17)12-20-2/h4-7,13,16H,3,8-12H2,1-2H3. The number of rotatable bonds is 7. The van der Waals surface area contributed by atoms with Crippen molar-refractivity contribution in [1.29, 1.82) is 0 Å². The van der Waals surface area contributed by atoms with Gasteiger partial charge in [0.2, 0.25) is 10.0 Å². The van der Waals surface area contributed by atoms with Gasteiger partial charge in [-0.15, -0.1) is 0 Å². The van der Waals surface area contributed by atoms with E-state index in [9.17, 15) is 8.42 Å². The first-order valence-corrected chi connectivity index (χ1v) is 8.81. The van der Waals surface area contributed by atoms with E-state index in [-0.39, 0.29) is 0 Å². The van der Waals surface area contributed by atoms with E-state index < -0.39 is 10.0 Å². The predicted molar refractivity (Wildman–Crippen MR) is 82.6 cm³/mol. The van der Waals surface area contributed by atoms with Gasteiger partial charge in [-0.05, 0) is 30.5 Å². The summed E-state index contributed by atoms with van der Waals surface area (Å²) in [5.41, 5.74) is 0.828. The van der Waals surface area contributed by atoms with E-state index in [4.69, 9.17) is 4.74 Å². The van der Waals surface area contributed by atoms with Gasteiger partial charge in [0.1, 0.15) is 0 Å². The number of hydrogen-bond acceptors (Lipinski definition) is 4. The molecule has 21 heavy (non-hydrogen) atoms. The molecule has 0 spiro atoms. The Balaban J connectivity index is 2.20. The summed E-state index contributed by atoms with van der Waals surface area (Å²) in [5.74, 6) is 0.297. The Morgan fingerprint density at radius 2 is 2.14 bits per heavy atom. The molecule has 0 amide bonds. The lowest BCUT2D eigenvalue weighted by Gasteiger charge is -2.19. The topological polar surface area (TPSA) is 58.6 Å². The second kappa shape index (κ2) is 7.35. The lowest BCUT2D eigenvalue weighted by atomic mass is 10.1. The zero-order chi connectivity index (χ0) is 15.3. The van der Waals surface area contributed by atoms with Crippen molar-refractivity contribution in [3.63, 3.8) is 0 Å². The Kier molecular flexibility index (Phi) is 5.75. The minimum absolute atomic E-state index is 0.297. The highest BCUT2D eigenvalue weighted by atomic mass is 32.2. The molecule has 0 aliphatic carbocycles. The lowest BCUT2D eigenvalue weighted by molar-refractivity contribution is 0.157. The van der Waals surface area contributed by atoms with Crippen LogP contribution in [-0.2, 0) is 21.3 Å². The quantitative estimate of drug-likeness (QED) is 0.828. The Morgan fingerprint density at radius 3 is 2.86 bits per heavy atom. The van der Waals surface area contributed by atoms with E-state index in [1.54, 1.807) is 23.5 Å². The van der Waals surface area contributed by atoms with Gasteiger partial charge in [-0.2, -0.15) is 4.31 Å². The molecule has 118 valence electrons. The molecular formula is C15H24N2O3S. The fraction of sp³-hybridized carbons (Fsp3) is 0.600.